The molecule has 0 aliphatic heterocycles. The Morgan fingerprint density at radius 2 is 1.94 bits per heavy atom. The lowest BCUT2D eigenvalue weighted by Gasteiger charge is -2.26. The largest absolute Gasteiger partial charge is 0.449 e. The second-order valence-electron chi connectivity index (χ2n) is 4.47. The first-order valence-corrected chi connectivity index (χ1v) is 5.97. The third-order valence-electron chi connectivity index (χ3n) is 2.00. The van der Waals surface area contributed by atoms with E-state index in [9.17, 15) is 4.79 Å². The molecule has 5 heteroatoms. The van der Waals surface area contributed by atoms with Crippen LogP contribution < -0.4 is 5.73 Å². The van der Waals surface area contributed by atoms with Gasteiger partial charge in [-0.1, -0.05) is 26.1 Å². The highest BCUT2D eigenvalue weighted by Gasteiger charge is 2.18. The van der Waals surface area contributed by atoms with Gasteiger partial charge in [0.2, 0.25) is 0 Å². The number of thiocarbonyl (C=S) groups is 1. The molecule has 94 valence electrons. The summed E-state index contributed by atoms with van der Waals surface area (Å²) >= 11 is 4.79. The lowest BCUT2D eigenvalue weighted by atomic mass is 10.2. The van der Waals surface area contributed by atoms with Crippen LogP contribution in [0.15, 0.2) is 0 Å². The minimum Gasteiger partial charge on any atom is -0.449 e. The van der Waals surface area contributed by atoms with E-state index in [1.165, 1.54) is 0 Å². The van der Waals surface area contributed by atoms with Crippen LogP contribution in [-0.2, 0) is 4.74 Å². The zero-order valence-corrected chi connectivity index (χ0v) is 11.3. The van der Waals surface area contributed by atoms with Gasteiger partial charge in [-0.2, -0.15) is 0 Å². The van der Waals surface area contributed by atoms with Crippen molar-refractivity contribution in [3.8, 4) is 0 Å². The van der Waals surface area contributed by atoms with Gasteiger partial charge < -0.3 is 15.4 Å². The van der Waals surface area contributed by atoms with Crippen LogP contribution in [0.3, 0.4) is 0 Å². The van der Waals surface area contributed by atoms with E-state index >= 15 is 0 Å². The number of carbonyl (C=O) groups is 1. The van der Waals surface area contributed by atoms with Crippen LogP contribution in [0.4, 0.5) is 4.79 Å². The minimum absolute atomic E-state index is 0.0917. The Labute approximate surface area is 103 Å². The van der Waals surface area contributed by atoms with Crippen molar-refractivity contribution < 1.29 is 9.53 Å². The first-order chi connectivity index (χ1) is 7.34. The summed E-state index contributed by atoms with van der Waals surface area (Å²) < 4.78 is 5.16. The van der Waals surface area contributed by atoms with E-state index in [1.807, 2.05) is 27.7 Å². The van der Waals surface area contributed by atoms with Crippen molar-refractivity contribution in [2.45, 2.75) is 40.2 Å². The van der Waals surface area contributed by atoms with Crippen LogP contribution in [0.2, 0.25) is 0 Å². The topological polar surface area (TPSA) is 55.6 Å². The number of nitrogens with two attached hydrogens (primary N) is 1. The molecule has 0 aliphatic rings. The van der Waals surface area contributed by atoms with E-state index < -0.39 is 0 Å². The average Bonchev–Trinajstić information content (AvgIpc) is 2.13. The van der Waals surface area contributed by atoms with Crippen LogP contribution >= 0.6 is 12.2 Å². The van der Waals surface area contributed by atoms with Gasteiger partial charge in [-0.15, -0.1) is 0 Å². The lowest BCUT2D eigenvalue weighted by Crippen LogP contribution is -2.39. The van der Waals surface area contributed by atoms with Gasteiger partial charge in [0.25, 0.3) is 0 Å². The molecule has 0 saturated heterocycles. The highest BCUT2D eigenvalue weighted by atomic mass is 32.1. The Balaban J connectivity index is 4.19. The van der Waals surface area contributed by atoms with Crippen LogP contribution in [0.25, 0.3) is 0 Å². The molecule has 0 aromatic heterocycles. The predicted octanol–water partition coefficient (Wildman–Crippen LogP) is 2.17. The molecule has 0 unspecified atom stereocenters. The number of rotatable bonds is 6. The van der Waals surface area contributed by atoms with Gasteiger partial charge in [0.15, 0.2) is 0 Å². The molecule has 0 bridgehead atoms. The summed E-state index contributed by atoms with van der Waals surface area (Å²) in [6.07, 6.45) is 0.240. The zero-order chi connectivity index (χ0) is 12.7. The molecule has 0 heterocycles. The molecule has 0 spiro atoms. The van der Waals surface area contributed by atoms with Crippen molar-refractivity contribution in [2.24, 2.45) is 11.7 Å². The van der Waals surface area contributed by atoms with Gasteiger partial charge in [-0.05, 0) is 19.8 Å². The summed E-state index contributed by atoms with van der Waals surface area (Å²) in [6, 6.07) is 0.0917. The maximum Gasteiger partial charge on any atom is 0.410 e. The highest BCUT2D eigenvalue weighted by molar-refractivity contribution is 7.80. The Kier molecular flexibility index (Phi) is 7.05. The van der Waals surface area contributed by atoms with Crippen molar-refractivity contribution in [1.82, 2.24) is 4.90 Å². The molecule has 0 atom stereocenters. The maximum absolute atomic E-state index is 11.7. The van der Waals surface area contributed by atoms with Crippen LogP contribution in [-0.4, -0.2) is 35.2 Å². The molecular weight excluding hydrogens is 224 g/mol. The Hall–Kier alpha value is -0.840. The van der Waals surface area contributed by atoms with Gasteiger partial charge in [0.05, 0.1) is 11.6 Å². The number of amides is 1. The fourth-order valence-corrected chi connectivity index (χ4v) is 1.20. The third kappa shape index (κ3) is 6.61. The molecule has 0 radical (unpaired) electrons. The van der Waals surface area contributed by atoms with E-state index in [4.69, 9.17) is 22.7 Å². The minimum atomic E-state index is -0.292. The van der Waals surface area contributed by atoms with E-state index in [0.717, 1.165) is 0 Å². The van der Waals surface area contributed by atoms with Crippen molar-refractivity contribution in [3.05, 3.63) is 0 Å². The van der Waals surface area contributed by atoms with E-state index in [1.54, 1.807) is 4.90 Å². The monoisotopic (exact) mass is 246 g/mol. The van der Waals surface area contributed by atoms with Crippen LogP contribution in [0.5, 0.6) is 0 Å². The average molecular weight is 246 g/mol. The molecule has 0 saturated carbocycles. The second kappa shape index (κ2) is 7.44. The van der Waals surface area contributed by atoms with E-state index in [2.05, 4.69) is 0 Å². The second-order valence-corrected chi connectivity index (χ2v) is 5.00. The third-order valence-corrected chi connectivity index (χ3v) is 2.20. The molecule has 2 N–H and O–H groups in total. The van der Waals surface area contributed by atoms with Gasteiger partial charge in [-0.25, -0.2) is 4.79 Å². The number of nitrogens with zero attached hydrogens (tertiary/aromatic N) is 1. The number of hydrogen-bond acceptors (Lipinski definition) is 3. The summed E-state index contributed by atoms with van der Waals surface area (Å²) in [6.45, 7) is 8.84. The first-order valence-electron chi connectivity index (χ1n) is 5.56. The summed E-state index contributed by atoms with van der Waals surface area (Å²) in [5.41, 5.74) is 5.42. The Morgan fingerprint density at radius 3 is 2.31 bits per heavy atom. The fourth-order valence-electron chi connectivity index (χ4n) is 1.11. The maximum atomic E-state index is 11.7. The SMILES string of the molecule is CC(C)COC(=O)N(CCC(N)=S)C(C)C. The molecule has 0 aromatic rings. The van der Waals surface area contributed by atoms with Crippen molar-refractivity contribution in [3.63, 3.8) is 0 Å². The van der Waals surface area contributed by atoms with Crippen molar-refractivity contribution in [2.75, 3.05) is 13.2 Å². The molecule has 0 rings (SSSR count). The first kappa shape index (κ1) is 15.2. The molecule has 0 aromatic carbocycles. The number of carbonyl (C=O) groups excluding carboxylic acids is 1. The summed E-state index contributed by atoms with van der Waals surface area (Å²) in [4.78, 5) is 13.8. The summed E-state index contributed by atoms with van der Waals surface area (Å²) in [5.74, 6) is 0.341. The van der Waals surface area contributed by atoms with Crippen molar-refractivity contribution in [1.29, 1.82) is 0 Å². The number of ether oxygens (including phenoxy) is 1. The highest BCUT2D eigenvalue weighted by Crippen LogP contribution is 2.05. The quantitative estimate of drug-likeness (QED) is 0.730. The molecular formula is C11H22N2O2S. The van der Waals surface area contributed by atoms with E-state index in [0.29, 0.717) is 30.5 Å². The van der Waals surface area contributed by atoms with Crippen LogP contribution in [0.1, 0.15) is 34.1 Å². The van der Waals surface area contributed by atoms with E-state index in [-0.39, 0.29) is 12.1 Å². The normalized spacial score (nSPS) is 10.6. The lowest BCUT2D eigenvalue weighted by molar-refractivity contribution is 0.0834. The summed E-state index contributed by atoms with van der Waals surface area (Å²) in [7, 11) is 0. The summed E-state index contributed by atoms with van der Waals surface area (Å²) in [5, 5.41) is 0. The Bertz CT molecular complexity index is 242. The molecule has 0 fully saturated rings. The van der Waals surface area contributed by atoms with Gasteiger partial charge in [-0.3, -0.25) is 0 Å². The molecule has 1 amide bonds. The standard InChI is InChI=1S/C11H22N2O2S/c1-8(2)7-15-11(14)13(9(3)4)6-5-10(12)16/h8-9H,5-7H2,1-4H3,(H2,12,16). The fraction of sp³-hybridized carbons (Fsp3) is 0.818. The predicted molar refractivity (Wildman–Crippen MR) is 69.4 cm³/mol. The zero-order valence-electron chi connectivity index (χ0n) is 10.5. The van der Waals surface area contributed by atoms with Gasteiger partial charge in [0, 0.05) is 19.0 Å². The Morgan fingerprint density at radius 1 is 1.38 bits per heavy atom. The van der Waals surface area contributed by atoms with Crippen molar-refractivity contribution >= 4 is 23.3 Å². The van der Waals surface area contributed by atoms with Gasteiger partial charge >= 0.3 is 6.09 Å². The molecule has 16 heavy (non-hydrogen) atoms. The molecule has 4 nitrogen and oxygen atoms in total. The smallest absolute Gasteiger partial charge is 0.410 e. The number of hydrogen-bond donors (Lipinski definition) is 1. The van der Waals surface area contributed by atoms with Gasteiger partial charge in [0.1, 0.15) is 0 Å². The van der Waals surface area contributed by atoms with Crippen LogP contribution in [0, 0.1) is 5.92 Å². The molecule has 0 aliphatic carbocycles.